The lowest BCUT2D eigenvalue weighted by Gasteiger charge is -2.32. The van der Waals surface area contributed by atoms with Gasteiger partial charge < -0.3 is 15.0 Å². The van der Waals surface area contributed by atoms with Gasteiger partial charge in [-0.25, -0.2) is 8.42 Å². The van der Waals surface area contributed by atoms with Crippen LogP contribution in [0.5, 0.6) is 5.75 Å². The van der Waals surface area contributed by atoms with Crippen molar-refractivity contribution in [1.29, 1.82) is 0 Å². The lowest BCUT2D eigenvalue weighted by molar-refractivity contribution is -0.139. The summed E-state index contributed by atoms with van der Waals surface area (Å²) in [7, 11) is -2.38. The Balaban J connectivity index is 2.43. The van der Waals surface area contributed by atoms with Crippen LogP contribution in [0.1, 0.15) is 37.0 Å². The Morgan fingerprint density at radius 3 is 2.24 bits per heavy atom. The van der Waals surface area contributed by atoms with Crippen LogP contribution in [0.25, 0.3) is 0 Å². The molecule has 2 aromatic carbocycles. The molecule has 1 N–H and O–H groups in total. The van der Waals surface area contributed by atoms with Crippen LogP contribution in [0, 0.1) is 13.8 Å². The minimum Gasteiger partial charge on any atom is -0.495 e. The molecular formula is C25H35N3O5S. The molecule has 0 aliphatic carbocycles. The number of aryl methyl sites for hydroxylation is 2. The zero-order valence-corrected chi connectivity index (χ0v) is 21.6. The number of amides is 2. The number of hydrogen-bond donors (Lipinski definition) is 1. The van der Waals surface area contributed by atoms with Gasteiger partial charge in [-0.05, 0) is 50.5 Å². The van der Waals surface area contributed by atoms with Crippen LogP contribution in [-0.4, -0.2) is 57.6 Å². The predicted molar refractivity (Wildman–Crippen MR) is 134 cm³/mol. The van der Waals surface area contributed by atoms with Crippen molar-refractivity contribution in [3.05, 3.63) is 59.2 Å². The molecule has 0 saturated heterocycles. The number of sulfonamides is 1. The molecule has 0 fully saturated rings. The Bertz CT molecular complexity index is 1100. The van der Waals surface area contributed by atoms with Crippen molar-refractivity contribution < 1.29 is 22.7 Å². The van der Waals surface area contributed by atoms with Gasteiger partial charge in [0, 0.05) is 13.1 Å². The minimum atomic E-state index is -3.83. The Labute approximate surface area is 202 Å². The fraction of sp³-hybridized carbons (Fsp3) is 0.440. The van der Waals surface area contributed by atoms with Crippen LogP contribution >= 0.6 is 0 Å². The van der Waals surface area contributed by atoms with Gasteiger partial charge in [-0.3, -0.25) is 13.9 Å². The van der Waals surface area contributed by atoms with Gasteiger partial charge in [0.25, 0.3) is 0 Å². The number of anilines is 1. The third-order valence-electron chi connectivity index (χ3n) is 5.47. The quantitative estimate of drug-likeness (QED) is 0.523. The smallest absolute Gasteiger partial charge is 0.244 e. The van der Waals surface area contributed by atoms with E-state index in [2.05, 4.69) is 5.32 Å². The zero-order chi connectivity index (χ0) is 25.5. The number of ether oxygens (including phenoxy) is 1. The van der Waals surface area contributed by atoms with Crippen LogP contribution in [0.15, 0.2) is 42.5 Å². The molecule has 2 aromatic rings. The Morgan fingerprint density at radius 2 is 1.68 bits per heavy atom. The summed E-state index contributed by atoms with van der Waals surface area (Å²) >= 11 is 0. The molecule has 0 aliphatic rings. The van der Waals surface area contributed by atoms with Crippen molar-refractivity contribution in [2.45, 2.75) is 46.7 Å². The van der Waals surface area contributed by atoms with Crippen molar-refractivity contribution in [1.82, 2.24) is 10.2 Å². The molecule has 2 rings (SSSR count). The number of carbonyl (C=O) groups is 2. The van der Waals surface area contributed by atoms with Crippen molar-refractivity contribution in [3.8, 4) is 5.75 Å². The molecule has 1 atom stereocenters. The molecule has 1 unspecified atom stereocenters. The second kappa shape index (κ2) is 11.9. The van der Waals surface area contributed by atoms with E-state index in [4.69, 9.17) is 4.74 Å². The number of rotatable bonds is 11. The predicted octanol–water partition coefficient (Wildman–Crippen LogP) is 3.02. The van der Waals surface area contributed by atoms with Gasteiger partial charge in [-0.1, -0.05) is 42.8 Å². The van der Waals surface area contributed by atoms with E-state index in [1.54, 1.807) is 25.1 Å². The fourth-order valence-electron chi connectivity index (χ4n) is 3.46. The van der Waals surface area contributed by atoms with Crippen molar-refractivity contribution in [2.75, 3.05) is 30.8 Å². The number of nitrogens with one attached hydrogen (secondary N) is 1. The molecule has 9 heteroatoms. The highest BCUT2D eigenvalue weighted by molar-refractivity contribution is 7.92. The van der Waals surface area contributed by atoms with Gasteiger partial charge in [0.15, 0.2) is 0 Å². The average molecular weight is 490 g/mol. The molecule has 0 radical (unpaired) electrons. The second-order valence-corrected chi connectivity index (χ2v) is 10.3. The third-order valence-corrected chi connectivity index (χ3v) is 6.60. The molecule has 0 spiro atoms. The number of nitrogens with zero attached hydrogens (tertiary/aromatic N) is 2. The van der Waals surface area contributed by atoms with Crippen LogP contribution in [0.2, 0.25) is 0 Å². The number of carbonyl (C=O) groups excluding carboxylic acids is 2. The zero-order valence-electron chi connectivity index (χ0n) is 20.8. The van der Waals surface area contributed by atoms with E-state index in [1.165, 1.54) is 12.0 Å². The second-order valence-electron chi connectivity index (χ2n) is 8.42. The maximum atomic E-state index is 13.5. The van der Waals surface area contributed by atoms with E-state index >= 15 is 0 Å². The summed E-state index contributed by atoms with van der Waals surface area (Å²) in [5.41, 5.74) is 3.01. The van der Waals surface area contributed by atoms with E-state index < -0.39 is 28.5 Å². The lowest BCUT2D eigenvalue weighted by atomic mass is 10.1. The molecule has 0 aromatic heterocycles. The van der Waals surface area contributed by atoms with Gasteiger partial charge in [-0.2, -0.15) is 0 Å². The Hall–Kier alpha value is -3.07. The molecule has 2 amide bonds. The van der Waals surface area contributed by atoms with Crippen LogP contribution in [-0.2, 0) is 26.2 Å². The van der Waals surface area contributed by atoms with Gasteiger partial charge in [0.1, 0.15) is 18.3 Å². The summed E-state index contributed by atoms with van der Waals surface area (Å²) in [5, 5.41) is 2.82. The van der Waals surface area contributed by atoms with E-state index in [0.29, 0.717) is 12.3 Å². The first-order valence-electron chi connectivity index (χ1n) is 11.2. The first-order valence-corrected chi connectivity index (χ1v) is 13.1. The molecule has 0 aliphatic heterocycles. The summed E-state index contributed by atoms with van der Waals surface area (Å²) in [6.45, 7) is 7.58. The monoisotopic (exact) mass is 489 g/mol. The SMILES string of the molecule is CCCNC(=O)C(C)N(Cc1ccc(C)cc1)C(=O)CN(c1cc(C)ccc1OC)S(C)(=O)=O. The third kappa shape index (κ3) is 7.21. The highest BCUT2D eigenvalue weighted by Crippen LogP contribution is 2.31. The van der Waals surface area contributed by atoms with Crippen molar-refractivity contribution in [2.24, 2.45) is 0 Å². The first kappa shape index (κ1) is 27.2. The highest BCUT2D eigenvalue weighted by Gasteiger charge is 2.31. The first-order chi connectivity index (χ1) is 16.0. The largest absolute Gasteiger partial charge is 0.495 e. The molecule has 186 valence electrons. The van der Waals surface area contributed by atoms with E-state index in [0.717, 1.165) is 33.7 Å². The molecule has 0 bridgehead atoms. The van der Waals surface area contributed by atoms with Crippen LogP contribution in [0.3, 0.4) is 0 Å². The standard InChI is InChI=1S/C25H35N3O5S/c1-7-14-26-25(30)20(4)27(16-21-11-8-18(2)9-12-21)24(29)17-28(34(6,31)32)22-15-19(3)10-13-23(22)33-5/h8-13,15,20H,7,14,16-17H2,1-6H3,(H,26,30). The molecule has 0 saturated carbocycles. The van der Waals surface area contributed by atoms with Crippen LogP contribution < -0.4 is 14.4 Å². The number of hydrogen-bond acceptors (Lipinski definition) is 5. The Morgan fingerprint density at radius 1 is 1.06 bits per heavy atom. The van der Waals surface area contributed by atoms with E-state index in [-0.39, 0.29) is 18.1 Å². The van der Waals surface area contributed by atoms with Crippen molar-refractivity contribution in [3.63, 3.8) is 0 Å². The van der Waals surface area contributed by atoms with E-state index in [1.807, 2.05) is 45.0 Å². The molecule has 34 heavy (non-hydrogen) atoms. The molecule has 0 heterocycles. The number of benzene rings is 2. The highest BCUT2D eigenvalue weighted by atomic mass is 32.2. The summed E-state index contributed by atoms with van der Waals surface area (Å²) < 4.78 is 31.8. The Kier molecular flexibility index (Phi) is 9.49. The molecular weight excluding hydrogens is 454 g/mol. The maximum absolute atomic E-state index is 13.5. The lowest BCUT2D eigenvalue weighted by Crippen LogP contribution is -2.51. The van der Waals surface area contributed by atoms with Crippen molar-refractivity contribution >= 4 is 27.5 Å². The van der Waals surface area contributed by atoms with Gasteiger partial charge in [0.2, 0.25) is 21.8 Å². The van der Waals surface area contributed by atoms with E-state index in [9.17, 15) is 18.0 Å². The summed E-state index contributed by atoms with van der Waals surface area (Å²) in [6.07, 6.45) is 1.81. The normalized spacial score (nSPS) is 12.1. The minimum absolute atomic E-state index is 0.169. The summed E-state index contributed by atoms with van der Waals surface area (Å²) in [6, 6.07) is 12.0. The fourth-order valence-corrected chi connectivity index (χ4v) is 4.30. The van der Waals surface area contributed by atoms with Gasteiger partial charge in [-0.15, -0.1) is 0 Å². The van der Waals surface area contributed by atoms with Gasteiger partial charge >= 0.3 is 0 Å². The van der Waals surface area contributed by atoms with Gasteiger partial charge in [0.05, 0.1) is 19.1 Å². The summed E-state index contributed by atoms with van der Waals surface area (Å²) in [4.78, 5) is 27.7. The number of methoxy groups -OCH3 is 1. The summed E-state index contributed by atoms with van der Waals surface area (Å²) in [5.74, 6) is -0.447. The maximum Gasteiger partial charge on any atom is 0.244 e. The topological polar surface area (TPSA) is 96.0 Å². The molecule has 8 nitrogen and oxygen atoms in total. The van der Waals surface area contributed by atoms with Crippen LogP contribution in [0.4, 0.5) is 5.69 Å². The average Bonchev–Trinajstić information content (AvgIpc) is 2.79.